The smallest absolute Gasteiger partial charge is 0.118 e. The molecule has 1 unspecified atom stereocenters. The highest BCUT2D eigenvalue weighted by Crippen LogP contribution is 2.10. The second-order valence-corrected chi connectivity index (χ2v) is 3.68. The molecule has 1 aromatic rings. The summed E-state index contributed by atoms with van der Waals surface area (Å²) in [4.78, 5) is 0. The van der Waals surface area contributed by atoms with Crippen LogP contribution in [-0.4, -0.2) is 18.3 Å². The van der Waals surface area contributed by atoms with E-state index in [0.29, 0.717) is 6.42 Å². The van der Waals surface area contributed by atoms with Crippen LogP contribution in [0.2, 0.25) is 0 Å². The molecule has 0 radical (unpaired) electrons. The average Bonchev–Trinajstić information content (AvgIpc) is 2.30. The van der Waals surface area contributed by atoms with Crippen LogP contribution in [0, 0.1) is 11.8 Å². The Balaban J connectivity index is 2.49. The molecule has 0 aliphatic carbocycles. The minimum atomic E-state index is -0.296. The van der Waals surface area contributed by atoms with Crippen LogP contribution in [0.25, 0.3) is 0 Å². The SMILES string of the molecule is CCCC(O)CC#Cc1ccc(OC)cc1. The second kappa shape index (κ2) is 6.92. The van der Waals surface area contributed by atoms with Gasteiger partial charge in [-0.3, -0.25) is 0 Å². The van der Waals surface area contributed by atoms with E-state index in [0.717, 1.165) is 24.2 Å². The Morgan fingerprint density at radius 3 is 2.56 bits per heavy atom. The molecule has 1 atom stereocenters. The molecule has 0 heterocycles. The summed E-state index contributed by atoms with van der Waals surface area (Å²) in [6, 6.07) is 7.59. The number of benzene rings is 1. The highest BCUT2D eigenvalue weighted by atomic mass is 16.5. The number of hydrogen-bond acceptors (Lipinski definition) is 2. The van der Waals surface area contributed by atoms with Crippen molar-refractivity contribution >= 4 is 0 Å². The minimum Gasteiger partial charge on any atom is -0.497 e. The van der Waals surface area contributed by atoms with E-state index in [1.165, 1.54) is 0 Å². The molecule has 0 aliphatic heterocycles. The predicted octanol–water partition coefficient (Wildman–Crippen LogP) is 2.60. The van der Waals surface area contributed by atoms with Crippen LogP contribution >= 0.6 is 0 Å². The van der Waals surface area contributed by atoms with Gasteiger partial charge in [0.15, 0.2) is 0 Å². The molecular weight excluding hydrogens is 200 g/mol. The van der Waals surface area contributed by atoms with Crippen LogP contribution in [0.15, 0.2) is 24.3 Å². The average molecular weight is 218 g/mol. The lowest BCUT2D eigenvalue weighted by Gasteiger charge is -2.02. The quantitative estimate of drug-likeness (QED) is 0.787. The van der Waals surface area contributed by atoms with Crippen LogP contribution < -0.4 is 4.74 Å². The van der Waals surface area contributed by atoms with Gasteiger partial charge in [-0.05, 0) is 30.7 Å². The number of rotatable bonds is 4. The van der Waals surface area contributed by atoms with Gasteiger partial charge < -0.3 is 9.84 Å². The first kappa shape index (κ1) is 12.6. The van der Waals surface area contributed by atoms with Crippen molar-refractivity contribution in [2.75, 3.05) is 7.11 Å². The molecule has 0 amide bonds. The van der Waals surface area contributed by atoms with E-state index in [-0.39, 0.29) is 6.10 Å². The van der Waals surface area contributed by atoms with Crippen LogP contribution in [-0.2, 0) is 0 Å². The molecule has 2 heteroatoms. The molecule has 0 aliphatic rings. The number of hydrogen-bond donors (Lipinski definition) is 1. The van der Waals surface area contributed by atoms with Gasteiger partial charge in [0.1, 0.15) is 5.75 Å². The first-order chi connectivity index (χ1) is 7.76. The summed E-state index contributed by atoms with van der Waals surface area (Å²) in [6.07, 6.45) is 2.05. The molecule has 16 heavy (non-hydrogen) atoms. The molecular formula is C14H18O2. The molecule has 0 spiro atoms. The Kier molecular flexibility index (Phi) is 5.45. The number of aliphatic hydroxyl groups is 1. The van der Waals surface area contributed by atoms with E-state index in [9.17, 15) is 5.11 Å². The van der Waals surface area contributed by atoms with Crippen molar-refractivity contribution in [2.24, 2.45) is 0 Å². The van der Waals surface area contributed by atoms with E-state index in [1.54, 1.807) is 7.11 Å². The van der Waals surface area contributed by atoms with Crippen molar-refractivity contribution in [1.29, 1.82) is 0 Å². The van der Waals surface area contributed by atoms with Gasteiger partial charge in [0.25, 0.3) is 0 Å². The van der Waals surface area contributed by atoms with Gasteiger partial charge in [0.2, 0.25) is 0 Å². The van der Waals surface area contributed by atoms with Gasteiger partial charge in [-0.15, -0.1) is 0 Å². The Morgan fingerprint density at radius 1 is 1.31 bits per heavy atom. The molecule has 0 saturated heterocycles. The van der Waals surface area contributed by atoms with Crippen molar-refractivity contribution in [3.05, 3.63) is 29.8 Å². The zero-order chi connectivity index (χ0) is 11.8. The normalized spacial score (nSPS) is 11.4. The summed E-state index contributed by atoms with van der Waals surface area (Å²) in [5, 5.41) is 9.49. The fourth-order valence-corrected chi connectivity index (χ4v) is 1.38. The summed E-state index contributed by atoms with van der Waals surface area (Å²) in [7, 11) is 1.64. The molecule has 1 N–H and O–H groups in total. The summed E-state index contributed by atoms with van der Waals surface area (Å²) in [6.45, 7) is 2.06. The van der Waals surface area contributed by atoms with Gasteiger partial charge in [-0.25, -0.2) is 0 Å². The van der Waals surface area contributed by atoms with Crippen molar-refractivity contribution < 1.29 is 9.84 Å². The largest absolute Gasteiger partial charge is 0.497 e. The number of aliphatic hydroxyl groups excluding tert-OH is 1. The third-order valence-electron chi connectivity index (χ3n) is 2.28. The Morgan fingerprint density at radius 2 is 2.00 bits per heavy atom. The Bertz CT molecular complexity index is 357. The summed E-state index contributed by atoms with van der Waals surface area (Å²) < 4.78 is 5.06. The van der Waals surface area contributed by atoms with E-state index in [1.807, 2.05) is 24.3 Å². The van der Waals surface area contributed by atoms with Gasteiger partial charge in [0, 0.05) is 12.0 Å². The molecule has 0 saturated carbocycles. The lowest BCUT2D eigenvalue weighted by atomic mass is 10.1. The zero-order valence-corrected chi connectivity index (χ0v) is 9.86. The topological polar surface area (TPSA) is 29.5 Å². The fraction of sp³-hybridized carbons (Fsp3) is 0.429. The number of ether oxygens (including phenoxy) is 1. The maximum atomic E-state index is 9.49. The second-order valence-electron chi connectivity index (χ2n) is 3.68. The minimum absolute atomic E-state index is 0.296. The fourth-order valence-electron chi connectivity index (χ4n) is 1.38. The summed E-state index contributed by atoms with van der Waals surface area (Å²) in [5.41, 5.74) is 0.949. The summed E-state index contributed by atoms with van der Waals surface area (Å²) in [5.74, 6) is 6.83. The van der Waals surface area contributed by atoms with Crippen molar-refractivity contribution in [2.45, 2.75) is 32.3 Å². The highest BCUT2D eigenvalue weighted by molar-refractivity contribution is 5.38. The number of methoxy groups -OCH3 is 1. The van der Waals surface area contributed by atoms with Crippen molar-refractivity contribution in [1.82, 2.24) is 0 Å². The van der Waals surface area contributed by atoms with Gasteiger partial charge in [-0.1, -0.05) is 25.2 Å². The molecule has 0 aromatic heterocycles. The maximum Gasteiger partial charge on any atom is 0.118 e. The standard InChI is InChI=1S/C14H18O2/c1-3-5-13(15)7-4-6-12-8-10-14(16-2)11-9-12/h8-11,13,15H,3,5,7H2,1-2H3. The first-order valence-electron chi connectivity index (χ1n) is 5.57. The Labute approximate surface area is 97.3 Å². The summed E-state index contributed by atoms with van der Waals surface area (Å²) >= 11 is 0. The van der Waals surface area contributed by atoms with Crippen LogP contribution in [0.1, 0.15) is 31.7 Å². The van der Waals surface area contributed by atoms with E-state index < -0.39 is 0 Å². The molecule has 0 bridgehead atoms. The Hall–Kier alpha value is -1.46. The highest BCUT2D eigenvalue weighted by Gasteiger charge is 1.98. The van der Waals surface area contributed by atoms with Gasteiger partial charge >= 0.3 is 0 Å². The van der Waals surface area contributed by atoms with Crippen LogP contribution in [0.4, 0.5) is 0 Å². The monoisotopic (exact) mass is 218 g/mol. The maximum absolute atomic E-state index is 9.49. The third kappa shape index (κ3) is 4.37. The van der Waals surface area contributed by atoms with E-state index in [4.69, 9.17) is 4.74 Å². The molecule has 1 rings (SSSR count). The molecule has 0 fully saturated rings. The van der Waals surface area contributed by atoms with Crippen molar-refractivity contribution in [3.8, 4) is 17.6 Å². The molecule has 1 aromatic carbocycles. The lowest BCUT2D eigenvalue weighted by molar-refractivity contribution is 0.169. The zero-order valence-electron chi connectivity index (χ0n) is 9.86. The van der Waals surface area contributed by atoms with Gasteiger partial charge in [-0.2, -0.15) is 0 Å². The van der Waals surface area contributed by atoms with Crippen LogP contribution in [0.5, 0.6) is 5.75 Å². The van der Waals surface area contributed by atoms with Gasteiger partial charge in [0.05, 0.1) is 13.2 Å². The first-order valence-corrected chi connectivity index (χ1v) is 5.57. The molecule has 2 nitrogen and oxygen atoms in total. The predicted molar refractivity (Wildman–Crippen MR) is 65.4 cm³/mol. The third-order valence-corrected chi connectivity index (χ3v) is 2.28. The van der Waals surface area contributed by atoms with Crippen molar-refractivity contribution in [3.63, 3.8) is 0 Å². The lowest BCUT2D eigenvalue weighted by Crippen LogP contribution is -2.03. The molecule has 86 valence electrons. The van der Waals surface area contributed by atoms with Crippen LogP contribution in [0.3, 0.4) is 0 Å². The van der Waals surface area contributed by atoms with E-state index >= 15 is 0 Å². The van der Waals surface area contributed by atoms with E-state index in [2.05, 4.69) is 18.8 Å².